The highest BCUT2D eigenvalue weighted by molar-refractivity contribution is 4.86. The first-order valence-corrected chi connectivity index (χ1v) is 9.48. The fourth-order valence-corrected chi connectivity index (χ4v) is 3.52. The van der Waals surface area contributed by atoms with Crippen LogP contribution in [0.4, 0.5) is 0 Å². The van der Waals surface area contributed by atoms with Crippen molar-refractivity contribution >= 4 is 0 Å². The van der Waals surface area contributed by atoms with Crippen molar-refractivity contribution in [3.8, 4) is 0 Å². The van der Waals surface area contributed by atoms with Crippen LogP contribution in [-0.4, -0.2) is 39.5 Å². The smallest absolute Gasteiger partial charge is 0.285 e. The van der Waals surface area contributed by atoms with E-state index >= 15 is 0 Å². The van der Waals surface area contributed by atoms with E-state index in [4.69, 9.17) is 18.9 Å². The zero-order chi connectivity index (χ0) is 17.1. The van der Waals surface area contributed by atoms with Crippen molar-refractivity contribution in [1.82, 2.24) is 0 Å². The van der Waals surface area contributed by atoms with Crippen LogP contribution in [0.2, 0.25) is 0 Å². The Hall–Kier alpha value is -0.160. The Morgan fingerprint density at radius 3 is 1.96 bits per heavy atom. The molecule has 1 saturated heterocycles. The van der Waals surface area contributed by atoms with E-state index in [0.29, 0.717) is 12.2 Å². The zero-order valence-corrected chi connectivity index (χ0v) is 15.9. The van der Waals surface area contributed by atoms with E-state index in [1.165, 1.54) is 44.9 Å². The number of epoxide rings is 1. The van der Waals surface area contributed by atoms with Gasteiger partial charge in [0.1, 0.15) is 0 Å². The van der Waals surface area contributed by atoms with E-state index in [0.717, 1.165) is 19.3 Å². The van der Waals surface area contributed by atoms with Crippen molar-refractivity contribution in [1.29, 1.82) is 0 Å². The minimum Gasteiger partial charge on any atom is -0.370 e. The van der Waals surface area contributed by atoms with Crippen molar-refractivity contribution in [2.24, 2.45) is 5.92 Å². The maximum Gasteiger partial charge on any atom is 0.285 e. The fourth-order valence-electron chi connectivity index (χ4n) is 3.52. The largest absolute Gasteiger partial charge is 0.370 e. The van der Waals surface area contributed by atoms with Crippen LogP contribution in [0.3, 0.4) is 0 Å². The van der Waals surface area contributed by atoms with Gasteiger partial charge in [-0.2, -0.15) is 0 Å². The predicted octanol–water partition coefficient (Wildman–Crippen LogP) is 4.90. The Labute approximate surface area is 143 Å². The number of methoxy groups -OCH3 is 3. The van der Waals surface area contributed by atoms with Crippen molar-refractivity contribution in [2.45, 2.75) is 96.2 Å². The lowest BCUT2D eigenvalue weighted by Crippen LogP contribution is -2.44. The predicted molar refractivity (Wildman–Crippen MR) is 93.4 cm³/mol. The molecule has 1 rings (SSSR count). The Morgan fingerprint density at radius 1 is 0.783 bits per heavy atom. The minimum atomic E-state index is -0.917. The van der Waals surface area contributed by atoms with Crippen LogP contribution < -0.4 is 0 Å². The van der Waals surface area contributed by atoms with Crippen LogP contribution in [0.15, 0.2) is 0 Å². The molecule has 1 heterocycles. The van der Waals surface area contributed by atoms with Gasteiger partial charge in [-0.15, -0.1) is 0 Å². The topological polar surface area (TPSA) is 40.2 Å². The molecule has 0 aliphatic carbocycles. The highest BCUT2D eigenvalue weighted by Gasteiger charge is 2.43. The average Bonchev–Trinajstić information content (AvgIpc) is 3.34. The summed E-state index contributed by atoms with van der Waals surface area (Å²) in [6.45, 7) is 4.47. The highest BCUT2D eigenvalue weighted by Crippen LogP contribution is 2.37. The van der Waals surface area contributed by atoms with Crippen LogP contribution in [0.25, 0.3) is 0 Å². The van der Waals surface area contributed by atoms with E-state index in [2.05, 4.69) is 13.8 Å². The summed E-state index contributed by atoms with van der Waals surface area (Å²) < 4.78 is 22.6. The normalized spacial score (nSPS) is 22.3. The quantitative estimate of drug-likeness (QED) is 0.243. The second kappa shape index (κ2) is 11.4. The Balaban J connectivity index is 2.47. The maximum absolute atomic E-state index is 5.80. The molecule has 1 fully saturated rings. The SMILES string of the molecule is CCCCCCC(CCC1OC1CCCC)C(OC)(OC)OC. The summed E-state index contributed by atoms with van der Waals surface area (Å²) in [6, 6.07) is 0. The molecule has 0 amide bonds. The second-order valence-corrected chi connectivity index (χ2v) is 6.69. The van der Waals surface area contributed by atoms with Gasteiger partial charge in [0, 0.05) is 27.2 Å². The van der Waals surface area contributed by atoms with Crippen LogP contribution in [-0.2, 0) is 18.9 Å². The van der Waals surface area contributed by atoms with E-state index < -0.39 is 5.97 Å². The Kier molecular flexibility index (Phi) is 10.4. The Bertz CT molecular complexity index is 283. The zero-order valence-electron chi connectivity index (χ0n) is 15.9. The van der Waals surface area contributed by atoms with Gasteiger partial charge in [-0.1, -0.05) is 52.4 Å². The molecule has 0 aromatic rings. The van der Waals surface area contributed by atoms with Gasteiger partial charge >= 0.3 is 0 Å². The first-order valence-electron chi connectivity index (χ1n) is 9.48. The van der Waals surface area contributed by atoms with E-state index in [1.54, 1.807) is 21.3 Å². The average molecular weight is 331 g/mol. The molecule has 3 unspecified atom stereocenters. The molecule has 0 bridgehead atoms. The first kappa shape index (κ1) is 20.9. The Morgan fingerprint density at radius 2 is 1.39 bits per heavy atom. The molecule has 0 aromatic carbocycles. The molecule has 3 atom stereocenters. The third-order valence-electron chi connectivity index (χ3n) is 5.09. The lowest BCUT2D eigenvalue weighted by Gasteiger charge is -2.36. The lowest BCUT2D eigenvalue weighted by molar-refractivity contribution is -0.380. The van der Waals surface area contributed by atoms with Crippen LogP contribution in [0.1, 0.15) is 78.1 Å². The van der Waals surface area contributed by atoms with Gasteiger partial charge in [0.2, 0.25) is 0 Å². The molecular weight excluding hydrogens is 292 g/mol. The maximum atomic E-state index is 5.80. The van der Waals surface area contributed by atoms with Crippen LogP contribution in [0, 0.1) is 5.92 Å². The molecule has 0 saturated carbocycles. The third kappa shape index (κ3) is 6.69. The summed E-state index contributed by atoms with van der Waals surface area (Å²) in [5, 5.41) is 0. The number of unbranched alkanes of at least 4 members (excludes halogenated alkanes) is 4. The van der Waals surface area contributed by atoms with Crippen molar-refractivity contribution in [3.63, 3.8) is 0 Å². The van der Waals surface area contributed by atoms with Gasteiger partial charge in [0.25, 0.3) is 5.97 Å². The van der Waals surface area contributed by atoms with Gasteiger partial charge in [-0.25, -0.2) is 0 Å². The summed E-state index contributed by atoms with van der Waals surface area (Å²) in [5.74, 6) is -0.671. The standard InChI is InChI=1S/C19H38O4/c1-6-8-10-11-12-16(19(20-3,21-4)22-5)14-15-18-17(23-18)13-9-7-2/h16-18H,6-15H2,1-5H3. The fraction of sp³-hybridized carbons (Fsp3) is 1.00. The van der Waals surface area contributed by atoms with Gasteiger partial charge in [0.15, 0.2) is 0 Å². The van der Waals surface area contributed by atoms with Crippen molar-refractivity contribution in [3.05, 3.63) is 0 Å². The number of ether oxygens (including phenoxy) is 4. The second-order valence-electron chi connectivity index (χ2n) is 6.69. The van der Waals surface area contributed by atoms with E-state index in [-0.39, 0.29) is 5.92 Å². The van der Waals surface area contributed by atoms with Gasteiger partial charge in [-0.3, -0.25) is 0 Å². The van der Waals surface area contributed by atoms with E-state index in [9.17, 15) is 0 Å². The molecule has 1 aliphatic rings. The minimum absolute atomic E-state index is 0.246. The molecule has 0 aromatic heterocycles. The van der Waals surface area contributed by atoms with Gasteiger partial charge in [0.05, 0.1) is 12.2 Å². The highest BCUT2D eigenvalue weighted by atomic mass is 16.9. The van der Waals surface area contributed by atoms with E-state index in [1.807, 2.05) is 0 Å². The van der Waals surface area contributed by atoms with Gasteiger partial charge < -0.3 is 18.9 Å². The summed E-state index contributed by atoms with van der Waals surface area (Å²) in [6.07, 6.45) is 12.8. The summed E-state index contributed by atoms with van der Waals surface area (Å²) in [5.41, 5.74) is 0. The molecule has 1 aliphatic heterocycles. The molecule has 0 radical (unpaired) electrons. The summed E-state index contributed by atoms with van der Waals surface area (Å²) >= 11 is 0. The molecular formula is C19H38O4. The molecule has 0 N–H and O–H groups in total. The summed E-state index contributed by atoms with van der Waals surface area (Å²) in [7, 11) is 5.01. The van der Waals surface area contributed by atoms with Crippen molar-refractivity contribution in [2.75, 3.05) is 21.3 Å². The third-order valence-corrected chi connectivity index (χ3v) is 5.09. The van der Waals surface area contributed by atoms with Gasteiger partial charge in [-0.05, 0) is 25.7 Å². The number of hydrogen-bond donors (Lipinski definition) is 0. The molecule has 0 spiro atoms. The number of rotatable bonds is 15. The monoisotopic (exact) mass is 330 g/mol. The lowest BCUT2D eigenvalue weighted by atomic mass is 9.91. The molecule has 138 valence electrons. The van der Waals surface area contributed by atoms with Crippen LogP contribution in [0.5, 0.6) is 0 Å². The number of hydrogen-bond acceptors (Lipinski definition) is 4. The molecule has 4 nitrogen and oxygen atoms in total. The molecule has 4 heteroatoms. The first-order chi connectivity index (χ1) is 11.2. The van der Waals surface area contributed by atoms with Crippen LogP contribution >= 0.6 is 0 Å². The van der Waals surface area contributed by atoms with Crippen molar-refractivity contribution < 1.29 is 18.9 Å². The summed E-state index contributed by atoms with van der Waals surface area (Å²) in [4.78, 5) is 0. The molecule has 23 heavy (non-hydrogen) atoms.